The summed E-state index contributed by atoms with van der Waals surface area (Å²) in [5.41, 5.74) is 0. The summed E-state index contributed by atoms with van der Waals surface area (Å²) in [6, 6.07) is 0. The van der Waals surface area contributed by atoms with Crippen LogP contribution in [0.3, 0.4) is 0 Å². The largest absolute Gasteiger partial charge is 2.00 e. The predicted molar refractivity (Wildman–Crippen MR) is 28.4 cm³/mol. The van der Waals surface area contributed by atoms with E-state index in [9.17, 15) is 23.1 Å². The first-order chi connectivity index (χ1) is 4.34. The van der Waals surface area contributed by atoms with E-state index in [4.69, 9.17) is 0 Å². The molecule has 0 aliphatic carbocycles. The van der Waals surface area contributed by atoms with Crippen LogP contribution in [0, 0.1) is 0 Å². The molecule has 0 bridgehead atoms. The molecule has 0 fully saturated rings. The number of ketones is 1. The third-order valence-electron chi connectivity index (χ3n) is 0.614. The van der Waals surface area contributed by atoms with Gasteiger partial charge in [-0.25, -0.2) is 0 Å². The fourth-order valence-electron chi connectivity index (χ4n) is 0.266. The van der Waals surface area contributed by atoms with Gasteiger partial charge >= 0.3 is 22.7 Å². The van der Waals surface area contributed by atoms with E-state index in [-0.39, 0.29) is 28.0 Å². The monoisotopic (exact) mass is 229 g/mol. The van der Waals surface area contributed by atoms with Crippen LogP contribution in [-0.2, 0) is 21.3 Å². The van der Waals surface area contributed by atoms with E-state index in [2.05, 4.69) is 0 Å². The summed E-state index contributed by atoms with van der Waals surface area (Å²) in [7, 11) is 0. The SMILES string of the molecule is CC(=O)C=C([O-])C(F)(F)F.O.[Ni+2]. The Morgan fingerprint density at radius 1 is 1.42 bits per heavy atom. The van der Waals surface area contributed by atoms with Gasteiger partial charge in [-0.15, -0.1) is 0 Å². The average molecular weight is 230 g/mol. The molecular formula is C5H6F3NiO3+. The molecule has 0 radical (unpaired) electrons. The molecule has 2 N–H and O–H groups in total. The Balaban J connectivity index is -0.000000405. The Bertz CT molecular complexity index is 175. The summed E-state index contributed by atoms with van der Waals surface area (Å²) < 4.78 is 33.8. The maximum absolute atomic E-state index is 11.3. The quantitative estimate of drug-likeness (QED) is 0.347. The van der Waals surface area contributed by atoms with Gasteiger partial charge in [-0.05, 0) is 18.8 Å². The van der Waals surface area contributed by atoms with Crippen molar-refractivity contribution in [1.82, 2.24) is 0 Å². The zero-order valence-corrected chi connectivity index (χ0v) is 6.83. The molecule has 0 saturated heterocycles. The van der Waals surface area contributed by atoms with Crippen molar-refractivity contribution >= 4 is 5.78 Å². The summed E-state index contributed by atoms with van der Waals surface area (Å²) in [4.78, 5) is 9.92. The molecule has 0 unspecified atom stereocenters. The van der Waals surface area contributed by atoms with Crippen LogP contribution >= 0.6 is 0 Å². The zero-order valence-electron chi connectivity index (χ0n) is 5.84. The number of hydrogen-bond donors (Lipinski definition) is 0. The molecule has 0 aromatic carbocycles. The van der Waals surface area contributed by atoms with Gasteiger partial charge in [0.15, 0.2) is 5.78 Å². The second-order valence-electron chi connectivity index (χ2n) is 1.62. The Labute approximate surface area is 76.5 Å². The Kier molecular flexibility index (Phi) is 8.79. The number of halogens is 3. The van der Waals surface area contributed by atoms with E-state index in [0.717, 1.165) is 6.92 Å². The number of alkyl halides is 3. The van der Waals surface area contributed by atoms with Crippen molar-refractivity contribution in [1.29, 1.82) is 0 Å². The first kappa shape index (κ1) is 17.5. The number of carbonyl (C=O) groups is 1. The standard InChI is InChI=1S/C5H5F3O2.Ni.H2O/c1-3(9)2-4(10)5(6,7)8;;/h2,10H,1H3;;1H2/q;+2;/p-1. The predicted octanol–water partition coefficient (Wildman–Crippen LogP) is -0.445. The molecule has 0 atom stereocenters. The van der Waals surface area contributed by atoms with Crippen LogP contribution < -0.4 is 5.11 Å². The van der Waals surface area contributed by atoms with Crippen molar-refractivity contribution in [2.24, 2.45) is 0 Å². The summed E-state index contributed by atoms with van der Waals surface area (Å²) in [5.74, 6) is -3.01. The fourth-order valence-corrected chi connectivity index (χ4v) is 0.266. The van der Waals surface area contributed by atoms with Crippen LogP contribution in [0.4, 0.5) is 13.2 Å². The minimum atomic E-state index is -4.92. The van der Waals surface area contributed by atoms with Crippen LogP contribution in [0.15, 0.2) is 11.8 Å². The topological polar surface area (TPSA) is 71.6 Å². The molecule has 74 valence electrons. The summed E-state index contributed by atoms with van der Waals surface area (Å²) in [5, 5.41) is 9.87. The first-order valence-electron chi connectivity index (χ1n) is 2.30. The van der Waals surface area contributed by atoms with Crippen LogP contribution in [0.1, 0.15) is 6.92 Å². The molecule has 3 nitrogen and oxygen atoms in total. The molecule has 0 heterocycles. The van der Waals surface area contributed by atoms with Crippen molar-refractivity contribution < 1.29 is 45.0 Å². The molecule has 0 spiro atoms. The van der Waals surface area contributed by atoms with Crippen molar-refractivity contribution in [2.75, 3.05) is 0 Å². The van der Waals surface area contributed by atoms with Gasteiger partial charge < -0.3 is 10.6 Å². The third kappa shape index (κ3) is 7.56. The van der Waals surface area contributed by atoms with Crippen LogP contribution in [-0.4, -0.2) is 17.4 Å². The van der Waals surface area contributed by atoms with Gasteiger partial charge in [0.2, 0.25) is 0 Å². The summed E-state index contributed by atoms with van der Waals surface area (Å²) in [6.45, 7) is 0.879. The maximum atomic E-state index is 11.3. The van der Waals surface area contributed by atoms with E-state index >= 15 is 0 Å². The number of rotatable bonds is 1. The molecular weight excluding hydrogens is 224 g/mol. The van der Waals surface area contributed by atoms with Crippen LogP contribution in [0.2, 0.25) is 0 Å². The van der Waals surface area contributed by atoms with E-state index in [0.29, 0.717) is 0 Å². The van der Waals surface area contributed by atoms with Crippen molar-refractivity contribution in [2.45, 2.75) is 13.1 Å². The van der Waals surface area contributed by atoms with Gasteiger partial charge in [0, 0.05) is 0 Å². The molecule has 0 aliphatic heterocycles. The molecule has 7 heteroatoms. The molecule has 0 saturated carbocycles. The second-order valence-corrected chi connectivity index (χ2v) is 1.62. The summed E-state index contributed by atoms with van der Waals surface area (Å²) in [6.07, 6.45) is -4.91. The van der Waals surface area contributed by atoms with E-state index in [1.54, 1.807) is 0 Å². The van der Waals surface area contributed by atoms with Gasteiger partial charge in [0.25, 0.3) is 0 Å². The second kappa shape index (κ2) is 6.02. The minimum absolute atomic E-state index is 0. The Morgan fingerprint density at radius 3 is 1.83 bits per heavy atom. The van der Waals surface area contributed by atoms with Crippen LogP contribution in [0.25, 0.3) is 0 Å². The van der Waals surface area contributed by atoms with E-state index in [1.165, 1.54) is 0 Å². The van der Waals surface area contributed by atoms with Crippen LogP contribution in [0.5, 0.6) is 0 Å². The Morgan fingerprint density at radius 2 is 1.75 bits per heavy atom. The van der Waals surface area contributed by atoms with Gasteiger partial charge in [-0.2, -0.15) is 13.2 Å². The number of allylic oxidation sites excluding steroid dienone is 2. The van der Waals surface area contributed by atoms with Crippen molar-refractivity contribution in [3.05, 3.63) is 11.8 Å². The van der Waals surface area contributed by atoms with E-state index < -0.39 is 17.7 Å². The van der Waals surface area contributed by atoms with Gasteiger partial charge in [-0.1, -0.05) is 0 Å². The first-order valence-corrected chi connectivity index (χ1v) is 2.30. The molecule has 0 aromatic heterocycles. The zero-order chi connectivity index (χ0) is 8.36. The average Bonchev–Trinajstić information content (AvgIpc) is 1.60. The molecule has 12 heavy (non-hydrogen) atoms. The molecule has 0 rings (SSSR count). The van der Waals surface area contributed by atoms with Gasteiger partial charge in [0.05, 0.1) is 0 Å². The van der Waals surface area contributed by atoms with Crippen molar-refractivity contribution in [3.63, 3.8) is 0 Å². The molecule has 0 aliphatic rings. The number of carbonyl (C=O) groups excluding carboxylic acids is 1. The normalized spacial score (nSPS) is 11.2. The van der Waals surface area contributed by atoms with Gasteiger partial charge in [0.1, 0.15) is 0 Å². The molecule has 0 amide bonds. The Hall–Kier alpha value is -0.546. The molecule has 0 aromatic rings. The summed E-state index contributed by atoms with van der Waals surface area (Å²) >= 11 is 0. The fraction of sp³-hybridized carbons (Fsp3) is 0.400. The van der Waals surface area contributed by atoms with Gasteiger partial charge in [-0.3, -0.25) is 4.79 Å². The third-order valence-corrected chi connectivity index (χ3v) is 0.614. The minimum Gasteiger partial charge on any atom is -0.869 e. The van der Waals surface area contributed by atoms with E-state index in [1.807, 2.05) is 0 Å². The maximum Gasteiger partial charge on any atom is 2.00 e. The number of hydrogen-bond acceptors (Lipinski definition) is 2. The van der Waals surface area contributed by atoms with Crippen molar-refractivity contribution in [3.8, 4) is 0 Å². The smallest absolute Gasteiger partial charge is 0.869 e.